The van der Waals surface area contributed by atoms with Crippen molar-refractivity contribution in [3.63, 3.8) is 0 Å². The lowest BCUT2D eigenvalue weighted by Gasteiger charge is -2.32. The van der Waals surface area contributed by atoms with E-state index in [1.54, 1.807) is 18.3 Å². The van der Waals surface area contributed by atoms with Gasteiger partial charge in [-0.1, -0.05) is 0 Å². The predicted octanol–water partition coefficient (Wildman–Crippen LogP) is 4.29. The third-order valence-electron chi connectivity index (χ3n) is 5.67. The molecule has 5 rings (SSSR count). The molecule has 0 radical (unpaired) electrons. The summed E-state index contributed by atoms with van der Waals surface area (Å²) in [6, 6.07) is 7.78. The summed E-state index contributed by atoms with van der Waals surface area (Å²) in [6.45, 7) is 3.45. The standard InChI is InChI=1S/C23H20N4O3S2/c1-12-23(29)27(10-21(28)26-22-16(9-24)15-4-3-5-20(15)32-22)18-8-14(6-7-19(18)30-12)17-11-31-13(2)25-17/h6-8,11-12H,3-5,10H2,1-2H3,(H,26,28). The molecular formula is C23H20N4O3S2. The zero-order valence-electron chi connectivity index (χ0n) is 17.6. The van der Waals surface area contributed by atoms with Gasteiger partial charge in [0.25, 0.3) is 5.91 Å². The average molecular weight is 465 g/mol. The molecule has 2 aliphatic rings. The second kappa shape index (κ2) is 8.04. The summed E-state index contributed by atoms with van der Waals surface area (Å²) in [5.74, 6) is -0.0772. The maximum Gasteiger partial charge on any atom is 0.268 e. The zero-order valence-corrected chi connectivity index (χ0v) is 19.2. The van der Waals surface area contributed by atoms with Gasteiger partial charge in [0.2, 0.25) is 5.91 Å². The van der Waals surface area contributed by atoms with Gasteiger partial charge in [-0.25, -0.2) is 4.98 Å². The lowest BCUT2D eigenvalue weighted by Crippen LogP contribution is -2.47. The normalized spacial score (nSPS) is 16.8. The molecule has 1 aromatic carbocycles. The molecule has 0 saturated heterocycles. The summed E-state index contributed by atoms with van der Waals surface area (Å²) >= 11 is 3.01. The lowest BCUT2D eigenvalue weighted by atomic mass is 10.1. The highest BCUT2D eigenvalue weighted by molar-refractivity contribution is 7.16. The van der Waals surface area contributed by atoms with Crippen molar-refractivity contribution in [1.29, 1.82) is 5.26 Å². The Morgan fingerprint density at radius 3 is 3.00 bits per heavy atom. The molecule has 1 aliphatic carbocycles. The van der Waals surface area contributed by atoms with Crippen molar-refractivity contribution in [2.45, 2.75) is 39.2 Å². The number of ether oxygens (including phenoxy) is 1. The number of amides is 2. The van der Waals surface area contributed by atoms with Crippen LogP contribution >= 0.6 is 22.7 Å². The maximum atomic E-state index is 12.9. The van der Waals surface area contributed by atoms with Crippen LogP contribution in [0.5, 0.6) is 5.75 Å². The molecule has 3 aromatic rings. The van der Waals surface area contributed by atoms with Crippen molar-refractivity contribution < 1.29 is 14.3 Å². The van der Waals surface area contributed by atoms with Crippen molar-refractivity contribution >= 4 is 45.2 Å². The number of fused-ring (bicyclic) bond motifs is 2. The molecule has 9 heteroatoms. The molecule has 0 bridgehead atoms. The van der Waals surface area contributed by atoms with Crippen LogP contribution in [0.15, 0.2) is 23.6 Å². The number of aromatic nitrogens is 1. The van der Waals surface area contributed by atoms with E-state index in [1.165, 1.54) is 21.1 Å². The Labute approximate surface area is 193 Å². The number of aryl methyl sites for hydroxylation is 2. The van der Waals surface area contributed by atoms with Crippen LogP contribution in [-0.4, -0.2) is 29.4 Å². The fourth-order valence-electron chi connectivity index (χ4n) is 4.15. The van der Waals surface area contributed by atoms with E-state index in [0.717, 1.165) is 41.1 Å². The van der Waals surface area contributed by atoms with Crippen molar-refractivity contribution in [3.8, 4) is 23.1 Å². The summed E-state index contributed by atoms with van der Waals surface area (Å²) in [5, 5.41) is 15.9. The minimum atomic E-state index is -0.692. The summed E-state index contributed by atoms with van der Waals surface area (Å²) in [6.07, 6.45) is 2.16. The van der Waals surface area contributed by atoms with Gasteiger partial charge in [0.05, 0.1) is 22.0 Å². The number of thiophene rings is 1. The number of hydrogen-bond acceptors (Lipinski definition) is 7. The third-order valence-corrected chi connectivity index (χ3v) is 7.65. The van der Waals surface area contributed by atoms with Crippen LogP contribution in [-0.2, 0) is 22.4 Å². The van der Waals surface area contributed by atoms with Gasteiger partial charge in [-0.3, -0.25) is 14.5 Å². The number of benzene rings is 1. The van der Waals surface area contributed by atoms with Crippen molar-refractivity contribution in [2.24, 2.45) is 0 Å². The highest BCUT2D eigenvalue weighted by Crippen LogP contribution is 2.40. The van der Waals surface area contributed by atoms with E-state index in [0.29, 0.717) is 22.0 Å². The fourth-order valence-corrected chi connectivity index (χ4v) is 6.02. The molecule has 32 heavy (non-hydrogen) atoms. The smallest absolute Gasteiger partial charge is 0.268 e. The molecule has 2 aromatic heterocycles. The van der Waals surface area contributed by atoms with E-state index in [1.807, 2.05) is 30.5 Å². The van der Waals surface area contributed by atoms with E-state index in [4.69, 9.17) is 4.74 Å². The Kier molecular flexibility index (Phi) is 5.19. The van der Waals surface area contributed by atoms with Gasteiger partial charge < -0.3 is 10.1 Å². The largest absolute Gasteiger partial charge is 0.479 e. The Bertz CT molecular complexity index is 1290. The van der Waals surface area contributed by atoms with E-state index in [9.17, 15) is 14.9 Å². The number of carbonyl (C=O) groups is 2. The Balaban J connectivity index is 1.43. The van der Waals surface area contributed by atoms with Gasteiger partial charge in [0.15, 0.2) is 6.10 Å². The number of carbonyl (C=O) groups excluding carboxylic acids is 2. The molecule has 1 N–H and O–H groups in total. The van der Waals surface area contributed by atoms with Crippen molar-refractivity contribution in [3.05, 3.63) is 44.6 Å². The number of hydrogen-bond donors (Lipinski definition) is 1. The van der Waals surface area contributed by atoms with Crippen LogP contribution < -0.4 is 15.0 Å². The second-order valence-corrected chi connectivity index (χ2v) is 10.0. The van der Waals surface area contributed by atoms with Gasteiger partial charge in [-0.05, 0) is 56.9 Å². The highest BCUT2D eigenvalue weighted by Gasteiger charge is 2.33. The molecule has 1 aliphatic heterocycles. The van der Waals surface area contributed by atoms with Crippen LogP contribution in [0.1, 0.15) is 34.4 Å². The molecule has 1 atom stereocenters. The van der Waals surface area contributed by atoms with Crippen LogP contribution in [0.2, 0.25) is 0 Å². The van der Waals surface area contributed by atoms with Crippen LogP contribution in [0.25, 0.3) is 11.3 Å². The molecule has 7 nitrogen and oxygen atoms in total. The molecule has 162 valence electrons. The number of thiazole rings is 1. The van der Waals surface area contributed by atoms with E-state index in [2.05, 4.69) is 16.4 Å². The topological polar surface area (TPSA) is 95.3 Å². The Morgan fingerprint density at radius 1 is 1.41 bits per heavy atom. The fraction of sp³-hybridized carbons (Fsp3) is 0.304. The molecule has 3 heterocycles. The first kappa shape index (κ1) is 20.7. The number of nitrogens with one attached hydrogen (secondary N) is 1. The van der Waals surface area contributed by atoms with E-state index >= 15 is 0 Å². The summed E-state index contributed by atoms with van der Waals surface area (Å²) in [4.78, 5) is 33.0. The zero-order chi connectivity index (χ0) is 22.4. The number of nitriles is 1. The SMILES string of the molecule is Cc1nc(-c2ccc3c(c2)N(CC(=O)Nc2sc4c(c2C#N)CCC4)C(=O)C(C)O3)cs1. The summed E-state index contributed by atoms with van der Waals surface area (Å²) in [7, 11) is 0. The molecule has 0 fully saturated rings. The van der Waals surface area contributed by atoms with Gasteiger partial charge in [0.1, 0.15) is 23.4 Å². The first-order valence-electron chi connectivity index (χ1n) is 10.3. The van der Waals surface area contributed by atoms with Gasteiger partial charge >= 0.3 is 0 Å². The first-order chi connectivity index (χ1) is 15.4. The lowest BCUT2D eigenvalue weighted by molar-refractivity contribution is -0.127. The minimum absolute atomic E-state index is 0.160. The van der Waals surface area contributed by atoms with Crippen molar-refractivity contribution in [1.82, 2.24) is 4.98 Å². The van der Waals surface area contributed by atoms with Crippen molar-refractivity contribution in [2.75, 3.05) is 16.8 Å². The second-order valence-electron chi connectivity index (χ2n) is 7.84. The molecule has 0 saturated carbocycles. The van der Waals surface area contributed by atoms with E-state index in [-0.39, 0.29) is 18.4 Å². The molecular weight excluding hydrogens is 444 g/mol. The summed E-state index contributed by atoms with van der Waals surface area (Å²) < 4.78 is 5.77. The monoisotopic (exact) mass is 464 g/mol. The predicted molar refractivity (Wildman–Crippen MR) is 124 cm³/mol. The number of anilines is 2. The number of nitrogens with zero attached hydrogens (tertiary/aromatic N) is 3. The maximum absolute atomic E-state index is 12.9. The number of rotatable bonds is 4. The Morgan fingerprint density at radius 2 is 2.25 bits per heavy atom. The average Bonchev–Trinajstić information content (AvgIpc) is 3.47. The van der Waals surface area contributed by atoms with Crippen LogP contribution in [0.4, 0.5) is 10.7 Å². The van der Waals surface area contributed by atoms with Crippen LogP contribution in [0.3, 0.4) is 0 Å². The summed E-state index contributed by atoms with van der Waals surface area (Å²) in [5.41, 5.74) is 3.82. The first-order valence-corrected chi connectivity index (χ1v) is 12.0. The van der Waals surface area contributed by atoms with Crippen LogP contribution in [0, 0.1) is 18.3 Å². The van der Waals surface area contributed by atoms with Gasteiger partial charge in [-0.2, -0.15) is 5.26 Å². The Hall–Kier alpha value is -3.22. The third kappa shape index (κ3) is 3.55. The minimum Gasteiger partial charge on any atom is -0.479 e. The highest BCUT2D eigenvalue weighted by atomic mass is 32.1. The molecule has 2 amide bonds. The molecule has 1 unspecified atom stereocenters. The van der Waals surface area contributed by atoms with E-state index < -0.39 is 6.10 Å². The van der Waals surface area contributed by atoms with Gasteiger partial charge in [0, 0.05) is 15.8 Å². The quantitative estimate of drug-likeness (QED) is 0.621. The molecule has 0 spiro atoms. The van der Waals surface area contributed by atoms with Gasteiger partial charge in [-0.15, -0.1) is 22.7 Å².